The second-order valence-corrected chi connectivity index (χ2v) is 13.1. The molecule has 204 valence electrons. The van der Waals surface area contributed by atoms with Gasteiger partial charge in [0.1, 0.15) is 6.67 Å². The molecule has 7 rings (SSSR count). The molecule has 1 saturated carbocycles. The molecular weight excluding hydrogens is 535 g/mol. The van der Waals surface area contributed by atoms with Gasteiger partial charge in [0.05, 0.1) is 16.8 Å². The van der Waals surface area contributed by atoms with E-state index in [0.717, 1.165) is 63.6 Å². The average Bonchev–Trinajstić information content (AvgIpc) is 3.59. The number of aromatic nitrogens is 1. The van der Waals surface area contributed by atoms with Gasteiger partial charge in [-0.05, 0) is 68.4 Å². The zero-order chi connectivity index (χ0) is 26.7. The third-order valence-corrected chi connectivity index (χ3v) is 10.7. The molecule has 1 spiro atoms. The van der Waals surface area contributed by atoms with Crippen LogP contribution in [0, 0.1) is 0 Å². The molecule has 3 aromatic rings. The lowest BCUT2D eigenvalue weighted by Gasteiger charge is -2.45. The van der Waals surface area contributed by atoms with Crippen LogP contribution in [0.3, 0.4) is 0 Å². The van der Waals surface area contributed by atoms with E-state index >= 15 is 0 Å². The van der Waals surface area contributed by atoms with E-state index in [1.807, 2.05) is 12.3 Å². The number of aryl methyl sites for hydroxylation is 1. The van der Waals surface area contributed by atoms with Crippen LogP contribution in [0.4, 0.5) is 10.1 Å². The van der Waals surface area contributed by atoms with Crippen LogP contribution >= 0.6 is 22.9 Å². The molecule has 3 fully saturated rings. The third kappa shape index (κ3) is 4.26. The number of carbonyl (C=O) groups is 2. The molecule has 1 aliphatic carbocycles. The summed E-state index contributed by atoms with van der Waals surface area (Å²) in [6, 6.07) is 8.60. The van der Waals surface area contributed by atoms with Gasteiger partial charge in [-0.2, -0.15) is 0 Å². The molecule has 0 bridgehead atoms. The maximum atomic E-state index is 13.5. The lowest BCUT2D eigenvalue weighted by atomic mass is 9.74. The molecule has 9 heteroatoms. The van der Waals surface area contributed by atoms with Crippen LogP contribution in [0.5, 0.6) is 0 Å². The van der Waals surface area contributed by atoms with E-state index in [4.69, 9.17) is 11.6 Å². The SMILES string of the molecule is O=C1CCC(=O)N1Cc1cc2nccc(-c3cc(Cl)cc4c3N(C3CN(CCF)C5(CCC5)C3)CCC4)c2s1. The number of nitrogens with zero attached hydrogens (tertiary/aromatic N) is 4. The van der Waals surface area contributed by atoms with Crippen molar-refractivity contribution in [2.45, 2.75) is 69.5 Å². The minimum atomic E-state index is -0.295. The van der Waals surface area contributed by atoms with Gasteiger partial charge in [-0.25, -0.2) is 4.39 Å². The number of imide groups is 1. The first kappa shape index (κ1) is 25.4. The van der Waals surface area contributed by atoms with Gasteiger partial charge in [-0.3, -0.25) is 24.4 Å². The number of benzene rings is 1. The number of carbonyl (C=O) groups excluding carboxylic acids is 2. The quantitative estimate of drug-likeness (QED) is 0.343. The summed E-state index contributed by atoms with van der Waals surface area (Å²) >= 11 is 8.32. The molecule has 2 aromatic heterocycles. The Kier molecular flexibility index (Phi) is 6.40. The number of hydrogen-bond donors (Lipinski definition) is 0. The van der Waals surface area contributed by atoms with Gasteiger partial charge in [0.2, 0.25) is 11.8 Å². The molecule has 0 N–H and O–H groups in total. The first-order chi connectivity index (χ1) is 19.0. The molecule has 1 aromatic carbocycles. The zero-order valence-electron chi connectivity index (χ0n) is 21.9. The van der Waals surface area contributed by atoms with Gasteiger partial charge < -0.3 is 4.90 Å². The van der Waals surface area contributed by atoms with Crippen molar-refractivity contribution in [1.82, 2.24) is 14.8 Å². The Morgan fingerprint density at radius 3 is 2.64 bits per heavy atom. The van der Waals surface area contributed by atoms with Gasteiger partial charge in [0.15, 0.2) is 0 Å². The van der Waals surface area contributed by atoms with E-state index in [-0.39, 0.29) is 24.0 Å². The minimum absolute atomic E-state index is 0.104. The Labute approximate surface area is 236 Å². The number of hydrogen-bond acceptors (Lipinski definition) is 6. The van der Waals surface area contributed by atoms with Gasteiger partial charge in [0.25, 0.3) is 0 Å². The Hall–Kier alpha value is -2.55. The average molecular weight is 567 g/mol. The van der Waals surface area contributed by atoms with E-state index in [2.05, 4.69) is 33.0 Å². The Balaban J connectivity index is 1.29. The van der Waals surface area contributed by atoms with Gasteiger partial charge >= 0.3 is 0 Å². The number of alkyl halides is 1. The summed E-state index contributed by atoms with van der Waals surface area (Å²) in [7, 11) is 0. The van der Waals surface area contributed by atoms with Crippen LogP contribution in [0.25, 0.3) is 21.3 Å². The van der Waals surface area contributed by atoms with Gasteiger partial charge in [-0.15, -0.1) is 11.3 Å². The lowest BCUT2D eigenvalue weighted by molar-refractivity contribution is -0.138. The molecule has 2 saturated heterocycles. The highest BCUT2D eigenvalue weighted by molar-refractivity contribution is 7.19. The van der Waals surface area contributed by atoms with E-state index in [9.17, 15) is 14.0 Å². The fourth-order valence-electron chi connectivity index (χ4n) is 7.36. The van der Waals surface area contributed by atoms with Crippen molar-refractivity contribution >= 4 is 50.7 Å². The summed E-state index contributed by atoms with van der Waals surface area (Å²) in [6.07, 6.45) is 9.14. The second-order valence-electron chi connectivity index (χ2n) is 11.5. The Morgan fingerprint density at radius 2 is 1.90 bits per heavy atom. The lowest BCUT2D eigenvalue weighted by Crippen LogP contribution is -2.49. The summed E-state index contributed by atoms with van der Waals surface area (Å²) in [5, 5.41) is 0.724. The molecule has 3 aliphatic heterocycles. The number of halogens is 2. The number of likely N-dealkylation sites (tertiary alicyclic amines) is 2. The zero-order valence-corrected chi connectivity index (χ0v) is 23.5. The van der Waals surface area contributed by atoms with E-state index in [1.165, 1.54) is 35.4 Å². The first-order valence-corrected chi connectivity index (χ1v) is 15.3. The molecule has 5 heterocycles. The highest BCUT2D eigenvalue weighted by atomic mass is 35.5. The van der Waals surface area contributed by atoms with Crippen LogP contribution in [-0.4, -0.2) is 64.5 Å². The van der Waals surface area contributed by atoms with E-state index < -0.39 is 0 Å². The minimum Gasteiger partial charge on any atom is -0.366 e. The number of rotatable bonds is 6. The Morgan fingerprint density at radius 1 is 1.08 bits per heavy atom. The highest BCUT2D eigenvalue weighted by Crippen LogP contribution is 2.50. The normalized spacial score (nSPS) is 22.8. The summed E-state index contributed by atoms with van der Waals surface area (Å²) < 4.78 is 14.5. The number of fused-ring (bicyclic) bond motifs is 2. The van der Waals surface area contributed by atoms with E-state index in [0.29, 0.717) is 32.0 Å². The fourth-order valence-corrected chi connectivity index (χ4v) is 8.74. The number of pyridine rings is 1. The summed E-state index contributed by atoms with van der Waals surface area (Å²) in [4.78, 5) is 36.4. The molecular formula is C30H32ClFN4O2S. The van der Waals surface area contributed by atoms with Gasteiger partial charge in [-0.1, -0.05) is 11.6 Å². The molecule has 4 aliphatic rings. The smallest absolute Gasteiger partial charge is 0.230 e. The van der Waals surface area contributed by atoms with Crippen molar-refractivity contribution in [3.05, 3.63) is 45.9 Å². The van der Waals surface area contributed by atoms with Crippen LogP contribution in [-0.2, 0) is 22.6 Å². The van der Waals surface area contributed by atoms with Crippen LogP contribution in [0.2, 0.25) is 5.02 Å². The predicted octanol–water partition coefficient (Wildman–Crippen LogP) is 5.98. The standard InChI is InChI=1S/C30H32ClFN4O2S/c31-20-13-19-3-1-11-35(21-16-30(7-2-8-30)34(17-21)12-9-32)28(19)24(14-20)23-6-10-33-25-15-22(39-29(23)25)18-36-26(37)4-5-27(36)38/h6,10,13-15,21H,1-5,7-9,11-12,16-18H2. The van der Waals surface area contributed by atoms with Crippen molar-refractivity contribution in [2.75, 3.05) is 31.2 Å². The molecule has 0 radical (unpaired) electrons. The van der Waals surface area contributed by atoms with E-state index in [1.54, 1.807) is 11.3 Å². The number of amides is 2. The molecule has 6 nitrogen and oxygen atoms in total. The molecule has 1 unspecified atom stereocenters. The molecule has 1 atom stereocenters. The third-order valence-electron chi connectivity index (χ3n) is 9.30. The molecule has 2 amide bonds. The van der Waals surface area contributed by atoms with Crippen molar-refractivity contribution in [3.8, 4) is 11.1 Å². The highest BCUT2D eigenvalue weighted by Gasteiger charge is 2.51. The fraction of sp³-hybridized carbons (Fsp3) is 0.500. The maximum Gasteiger partial charge on any atom is 0.230 e. The first-order valence-electron chi connectivity index (χ1n) is 14.1. The van der Waals surface area contributed by atoms with Crippen LogP contribution in [0.1, 0.15) is 55.4 Å². The second kappa shape index (κ2) is 9.82. The maximum absolute atomic E-state index is 13.5. The largest absolute Gasteiger partial charge is 0.366 e. The van der Waals surface area contributed by atoms with Crippen LogP contribution in [0.15, 0.2) is 30.5 Å². The van der Waals surface area contributed by atoms with Crippen molar-refractivity contribution < 1.29 is 14.0 Å². The summed E-state index contributed by atoms with van der Waals surface area (Å²) in [5.74, 6) is -0.208. The monoisotopic (exact) mass is 566 g/mol. The summed E-state index contributed by atoms with van der Waals surface area (Å²) in [6.45, 7) is 2.41. The number of anilines is 1. The van der Waals surface area contributed by atoms with Crippen molar-refractivity contribution in [3.63, 3.8) is 0 Å². The summed E-state index contributed by atoms with van der Waals surface area (Å²) in [5.41, 5.74) is 5.74. The van der Waals surface area contributed by atoms with Gasteiger partial charge in [0, 0.05) is 77.0 Å². The topological polar surface area (TPSA) is 56.8 Å². The molecule has 39 heavy (non-hydrogen) atoms. The van der Waals surface area contributed by atoms with Crippen molar-refractivity contribution in [2.24, 2.45) is 0 Å². The number of thiophene rings is 1. The van der Waals surface area contributed by atoms with Crippen LogP contribution < -0.4 is 4.90 Å². The van der Waals surface area contributed by atoms with Crippen molar-refractivity contribution in [1.29, 1.82) is 0 Å². The Bertz CT molecular complexity index is 1450. The predicted molar refractivity (Wildman–Crippen MR) is 153 cm³/mol.